The first-order chi connectivity index (χ1) is 9.91. The minimum absolute atomic E-state index is 0.267. The van der Waals surface area contributed by atoms with Gasteiger partial charge in [0, 0.05) is 6.61 Å². The van der Waals surface area contributed by atoms with Crippen molar-refractivity contribution in [1.82, 2.24) is 0 Å². The van der Waals surface area contributed by atoms with Crippen molar-refractivity contribution in [2.45, 2.75) is 96.8 Å². The third-order valence-electron chi connectivity index (χ3n) is 3.79. The minimum atomic E-state index is 0.267. The molecule has 0 unspecified atom stereocenters. The van der Waals surface area contributed by atoms with Gasteiger partial charge in [-0.15, -0.1) is 0 Å². The Balaban J connectivity index is 2.97. The molecule has 0 fully saturated rings. The Morgan fingerprint density at radius 2 is 1.15 bits per heavy atom. The SMILES string of the molecule is CCCCCCCCCCCCCCC=C[CH]CCO. The molecule has 0 aromatic carbocycles. The fourth-order valence-corrected chi connectivity index (χ4v) is 2.47. The molecule has 0 saturated heterocycles. The molecule has 0 heterocycles. The molecular formula is C19H37O. The Bertz CT molecular complexity index is 186. The average molecular weight is 282 g/mol. The molecule has 0 aromatic heterocycles. The van der Waals surface area contributed by atoms with E-state index < -0.39 is 0 Å². The van der Waals surface area contributed by atoms with Crippen LogP contribution in [0.5, 0.6) is 0 Å². The highest BCUT2D eigenvalue weighted by atomic mass is 16.2. The van der Waals surface area contributed by atoms with Crippen LogP contribution in [0.4, 0.5) is 0 Å². The summed E-state index contributed by atoms with van der Waals surface area (Å²) in [6.45, 7) is 2.55. The molecular weight excluding hydrogens is 244 g/mol. The first-order valence-corrected chi connectivity index (χ1v) is 9.01. The number of allylic oxidation sites excluding steroid dienone is 2. The number of aliphatic hydroxyl groups is 1. The summed E-state index contributed by atoms with van der Waals surface area (Å²) < 4.78 is 0. The molecule has 0 saturated carbocycles. The molecule has 1 nitrogen and oxygen atoms in total. The second-order valence-electron chi connectivity index (χ2n) is 5.85. The van der Waals surface area contributed by atoms with Gasteiger partial charge in [-0.2, -0.15) is 0 Å². The van der Waals surface area contributed by atoms with E-state index in [1.54, 1.807) is 0 Å². The molecule has 20 heavy (non-hydrogen) atoms. The number of hydrogen-bond donors (Lipinski definition) is 1. The third-order valence-corrected chi connectivity index (χ3v) is 3.79. The van der Waals surface area contributed by atoms with Crippen molar-refractivity contribution in [3.8, 4) is 0 Å². The fraction of sp³-hybridized carbons (Fsp3) is 0.842. The average Bonchev–Trinajstić information content (AvgIpc) is 2.47. The van der Waals surface area contributed by atoms with E-state index in [1.165, 1.54) is 83.5 Å². The molecule has 0 atom stereocenters. The van der Waals surface area contributed by atoms with E-state index in [4.69, 9.17) is 5.11 Å². The van der Waals surface area contributed by atoms with Crippen LogP contribution in [0.3, 0.4) is 0 Å². The van der Waals surface area contributed by atoms with Crippen LogP contribution in [0.25, 0.3) is 0 Å². The van der Waals surface area contributed by atoms with Gasteiger partial charge in [0.05, 0.1) is 0 Å². The van der Waals surface area contributed by atoms with Gasteiger partial charge < -0.3 is 5.11 Å². The van der Waals surface area contributed by atoms with E-state index in [0.717, 1.165) is 6.42 Å². The Hall–Kier alpha value is -0.300. The van der Waals surface area contributed by atoms with Crippen molar-refractivity contribution in [1.29, 1.82) is 0 Å². The number of rotatable bonds is 16. The summed E-state index contributed by atoms with van der Waals surface area (Å²) in [6.07, 6.45) is 25.3. The summed E-state index contributed by atoms with van der Waals surface area (Å²) in [5.41, 5.74) is 0. The Labute approximate surface area is 127 Å². The van der Waals surface area contributed by atoms with Crippen molar-refractivity contribution in [3.05, 3.63) is 18.6 Å². The van der Waals surface area contributed by atoms with Crippen molar-refractivity contribution in [2.24, 2.45) is 0 Å². The molecule has 0 aliphatic carbocycles. The summed E-state index contributed by atoms with van der Waals surface area (Å²) >= 11 is 0. The molecule has 0 amide bonds. The van der Waals surface area contributed by atoms with Crippen molar-refractivity contribution < 1.29 is 5.11 Å². The van der Waals surface area contributed by atoms with Crippen LogP contribution in [0.1, 0.15) is 96.8 Å². The third kappa shape index (κ3) is 17.7. The van der Waals surface area contributed by atoms with Crippen LogP contribution in [0, 0.1) is 6.42 Å². The predicted molar refractivity (Wildman–Crippen MR) is 90.8 cm³/mol. The van der Waals surface area contributed by atoms with E-state index in [-0.39, 0.29) is 6.61 Å². The maximum Gasteiger partial charge on any atom is 0.0436 e. The van der Waals surface area contributed by atoms with E-state index in [9.17, 15) is 0 Å². The predicted octanol–water partition coefficient (Wildman–Crippen LogP) is 6.22. The lowest BCUT2D eigenvalue weighted by Gasteiger charge is -2.02. The largest absolute Gasteiger partial charge is 0.396 e. The summed E-state index contributed by atoms with van der Waals surface area (Å²) in [6, 6.07) is 0. The first-order valence-electron chi connectivity index (χ1n) is 9.01. The number of unbranched alkanes of at least 4 members (excludes halogenated alkanes) is 13. The number of hydrogen-bond acceptors (Lipinski definition) is 1. The van der Waals surface area contributed by atoms with Crippen LogP contribution >= 0.6 is 0 Å². The summed E-state index contributed by atoms with van der Waals surface area (Å²) in [5.74, 6) is 0. The quantitative estimate of drug-likeness (QED) is 0.333. The zero-order chi connectivity index (χ0) is 14.7. The molecule has 0 aliphatic rings. The lowest BCUT2D eigenvalue weighted by molar-refractivity contribution is 0.299. The van der Waals surface area contributed by atoms with Crippen LogP contribution in [0.15, 0.2) is 12.2 Å². The lowest BCUT2D eigenvalue weighted by Crippen LogP contribution is -1.82. The molecule has 0 aromatic rings. The zero-order valence-electron chi connectivity index (χ0n) is 13.8. The Morgan fingerprint density at radius 1 is 0.650 bits per heavy atom. The van der Waals surface area contributed by atoms with E-state index in [2.05, 4.69) is 19.1 Å². The highest BCUT2D eigenvalue weighted by molar-refractivity contribution is 4.94. The van der Waals surface area contributed by atoms with E-state index >= 15 is 0 Å². The minimum Gasteiger partial charge on any atom is -0.396 e. The van der Waals surface area contributed by atoms with Gasteiger partial charge in [0.1, 0.15) is 0 Å². The smallest absolute Gasteiger partial charge is 0.0436 e. The van der Waals surface area contributed by atoms with Crippen LogP contribution in [0.2, 0.25) is 0 Å². The van der Waals surface area contributed by atoms with Crippen molar-refractivity contribution in [3.63, 3.8) is 0 Å². The normalized spacial score (nSPS) is 11.5. The summed E-state index contributed by atoms with van der Waals surface area (Å²) in [5, 5.41) is 8.62. The van der Waals surface area contributed by atoms with Gasteiger partial charge in [-0.3, -0.25) is 0 Å². The van der Waals surface area contributed by atoms with Crippen LogP contribution in [-0.4, -0.2) is 11.7 Å². The highest BCUT2D eigenvalue weighted by Crippen LogP contribution is 2.12. The molecule has 0 aliphatic heterocycles. The van der Waals surface area contributed by atoms with Crippen molar-refractivity contribution in [2.75, 3.05) is 6.61 Å². The van der Waals surface area contributed by atoms with Gasteiger partial charge in [-0.25, -0.2) is 0 Å². The van der Waals surface area contributed by atoms with Gasteiger partial charge in [-0.05, 0) is 25.7 Å². The highest BCUT2D eigenvalue weighted by Gasteiger charge is 1.92. The van der Waals surface area contributed by atoms with Crippen LogP contribution < -0.4 is 0 Å². The molecule has 0 rings (SSSR count). The fourth-order valence-electron chi connectivity index (χ4n) is 2.47. The molecule has 1 heteroatoms. The number of aliphatic hydroxyl groups excluding tert-OH is 1. The molecule has 1 N–H and O–H groups in total. The van der Waals surface area contributed by atoms with Crippen LogP contribution in [-0.2, 0) is 0 Å². The first kappa shape index (κ1) is 19.7. The maximum absolute atomic E-state index is 8.62. The Kier molecular flexibility index (Phi) is 18.4. The zero-order valence-corrected chi connectivity index (χ0v) is 13.8. The van der Waals surface area contributed by atoms with Gasteiger partial charge >= 0.3 is 0 Å². The van der Waals surface area contributed by atoms with E-state index in [0.29, 0.717) is 0 Å². The van der Waals surface area contributed by atoms with E-state index in [1.807, 2.05) is 6.42 Å². The summed E-state index contributed by atoms with van der Waals surface area (Å²) in [4.78, 5) is 0. The maximum atomic E-state index is 8.62. The molecule has 0 spiro atoms. The van der Waals surface area contributed by atoms with Crippen molar-refractivity contribution >= 4 is 0 Å². The Morgan fingerprint density at radius 3 is 1.65 bits per heavy atom. The summed E-state index contributed by atoms with van der Waals surface area (Å²) in [7, 11) is 0. The standard InChI is InChI=1S/C19H37O/c1-2-3-4-5-6-7-8-9-10-11-12-13-14-15-16-17-18-19-20/h15-17,20H,2-14,18-19H2,1H3. The second kappa shape index (κ2) is 18.7. The monoisotopic (exact) mass is 281 g/mol. The van der Waals surface area contributed by atoms with Gasteiger partial charge in [0.25, 0.3) is 0 Å². The van der Waals surface area contributed by atoms with Gasteiger partial charge in [0.2, 0.25) is 0 Å². The topological polar surface area (TPSA) is 20.2 Å². The second-order valence-corrected chi connectivity index (χ2v) is 5.85. The molecule has 119 valence electrons. The lowest BCUT2D eigenvalue weighted by atomic mass is 10.0. The van der Waals surface area contributed by atoms with Gasteiger partial charge in [-0.1, -0.05) is 89.7 Å². The van der Waals surface area contributed by atoms with Gasteiger partial charge in [0.15, 0.2) is 0 Å². The molecule has 0 bridgehead atoms. The molecule has 1 radical (unpaired) electrons.